The first-order valence-electron chi connectivity index (χ1n) is 10.0. The van der Waals surface area contributed by atoms with Crippen LogP contribution in [0.2, 0.25) is 0 Å². The van der Waals surface area contributed by atoms with E-state index in [2.05, 4.69) is 9.97 Å². The molecule has 6 rings (SSSR count). The Kier molecular flexibility index (Phi) is 3.98. The molecule has 2 aromatic heterocycles. The van der Waals surface area contributed by atoms with Gasteiger partial charge in [0.1, 0.15) is 0 Å². The molecule has 2 heterocycles. The third-order valence-corrected chi connectivity index (χ3v) is 5.45. The van der Waals surface area contributed by atoms with Crippen LogP contribution in [-0.2, 0) is 0 Å². The molecule has 0 amide bonds. The molecule has 0 fully saturated rings. The molecule has 4 aromatic carbocycles. The number of benzene rings is 4. The molecule has 0 spiro atoms. The Morgan fingerprint density at radius 3 is 1.34 bits per heavy atom. The molecule has 6 heteroatoms. The number of para-hydroxylation sites is 2. The fourth-order valence-electron chi connectivity index (χ4n) is 3.95. The largest absolute Gasteiger partial charge is 0.403 e. The van der Waals surface area contributed by atoms with Crippen molar-refractivity contribution in [3.05, 3.63) is 106 Å². The van der Waals surface area contributed by atoms with E-state index in [1.165, 1.54) is 0 Å². The first kappa shape index (κ1) is 18.2. The quantitative estimate of drug-likeness (QED) is 0.385. The number of aromatic nitrogens is 2. The fourth-order valence-corrected chi connectivity index (χ4v) is 3.95. The first-order chi connectivity index (χ1) is 15.7. The molecule has 6 nitrogen and oxygen atoms in total. The second-order valence-corrected chi connectivity index (χ2v) is 7.35. The maximum atomic E-state index is 12.5. The second-order valence-electron chi connectivity index (χ2n) is 7.35. The van der Waals surface area contributed by atoms with Crippen LogP contribution in [0, 0.1) is 0 Å². The summed E-state index contributed by atoms with van der Waals surface area (Å²) >= 11 is 0. The van der Waals surface area contributed by atoms with E-state index in [0.29, 0.717) is 32.9 Å². The highest BCUT2D eigenvalue weighted by Gasteiger charge is 2.16. The SMILES string of the molecule is O=c1oc(-c2cccc3c(-c4nc5ccccc5c(=O)o4)cccc23)nc2ccccc12. The van der Waals surface area contributed by atoms with Crippen LogP contribution in [0.4, 0.5) is 0 Å². The third kappa shape index (κ3) is 2.81. The zero-order chi connectivity index (χ0) is 21.7. The van der Waals surface area contributed by atoms with Gasteiger partial charge in [0.05, 0.1) is 21.8 Å². The maximum Gasteiger partial charge on any atom is 0.347 e. The highest BCUT2D eigenvalue weighted by molar-refractivity contribution is 6.02. The van der Waals surface area contributed by atoms with Gasteiger partial charge in [-0.05, 0) is 47.2 Å². The van der Waals surface area contributed by atoms with Gasteiger partial charge in [-0.1, -0.05) is 48.5 Å². The minimum atomic E-state index is -0.444. The second kappa shape index (κ2) is 6.99. The molecule has 32 heavy (non-hydrogen) atoms. The molecule has 0 aliphatic carbocycles. The predicted octanol–water partition coefficient (Wildman–Crippen LogP) is 5.18. The van der Waals surface area contributed by atoms with Crippen molar-refractivity contribution in [3.63, 3.8) is 0 Å². The Balaban J connectivity index is 1.61. The summed E-state index contributed by atoms with van der Waals surface area (Å²) in [6, 6.07) is 25.3. The van der Waals surface area contributed by atoms with Crippen LogP contribution >= 0.6 is 0 Å². The molecule has 0 saturated carbocycles. The van der Waals surface area contributed by atoms with E-state index < -0.39 is 11.3 Å². The minimum Gasteiger partial charge on any atom is -0.403 e. The average molecular weight is 418 g/mol. The van der Waals surface area contributed by atoms with Crippen molar-refractivity contribution in [1.82, 2.24) is 9.97 Å². The molecular weight excluding hydrogens is 404 g/mol. The lowest BCUT2D eigenvalue weighted by molar-refractivity contribution is 0.518. The summed E-state index contributed by atoms with van der Waals surface area (Å²) in [5, 5.41) is 2.46. The first-order valence-corrected chi connectivity index (χ1v) is 10.0. The number of hydrogen-bond donors (Lipinski definition) is 0. The average Bonchev–Trinajstić information content (AvgIpc) is 2.83. The third-order valence-electron chi connectivity index (χ3n) is 5.45. The number of nitrogens with zero attached hydrogens (tertiary/aromatic N) is 2. The van der Waals surface area contributed by atoms with Gasteiger partial charge in [0, 0.05) is 11.1 Å². The predicted molar refractivity (Wildman–Crippen MR) is 122 cm³/mol. The molecule has 0 saturated heterocycles. The van der Waals surface area contributed by atoms with Gasteiger partial charge in [0.25, 0.3) is 0 Å². The van der Waals surface area contributed by atoms with E-state index in [4.69, 9.17) is 8.83 Å². The Bertz CT molecular complexity index is 1650. The van der Waals surface area contributed by atoms with Gasteiger partial charge < -0.3 is 8.83 Å². The summed E-state index contributed by atoms with van der Waals surface area (Å²) in [6.07, 6.45) is 0. The van der Waals surface area contributed by atoms with Crippen LogP contribution in [0.15, 0.2) is 103 Å². The van der Waals surface area contributed by atoms with Crippen LogP contribution in [0.5, 0.6) is 0 Å². The summed E-state index contributed by atoms with van der Waals surface area (Å²) in [7, 11) is 0. The van der Waals surface area contributed by atoms with Gasteiger partial charge in [0.15, 0.2) is 0 Å². The van der Waals surface area contributed by atoms with Crippen molar-refractivity contribution >= 4 is 32.6 Å². The molecular formula is C26H14N2O4. The summed E-state index contributed by atoms with van der Waals surface area (Å²) < 4.78 is 11.1. The lowest BCUT2D eigenvalue weighted by Crippen LogP contribution is -2.03. The molecule has 6 aromatic rings. The topological polar surface area (TPSA) is 86.2 Å². The zero-order valence-electron chi connectivity index (χ0n) is 16.6. The normalized spacial score (nSPS) is 11.4. The molecule has 0 radical (unpaired) electrons. The van der Waals surface area contributed by atoms with Crippen molar-refractivity contribution in [1.29, 1.82) is 0 Å². The fraction of sp³-hybridized carbons (Fsp3) is 0. The lowest BCUT2D eigenvalue weighted by atomic mass is 9.99. The maximum absolute atomic E-state index is 12.5. The molecule has 0 atom stereocenters. The van der Waals surface area contributed by atoms with Crippen molar-refractivity contribution in [2.45, 2.75) is 0 Å². The lowest BCUT2D eigenvalue weighted by Gasteiger charge is -2.09. The van der Waals surface area contributed by atoms with Crippen LogP contribution in [0.3, 0.4) is 0 Å². The Morgan fingerprint density at radius 1 is 0.469 bits per heavy atom. The molecule has 0 unspecified atom stereocenters. The number of rotatable bonds is 2. The highest BCUT2D eigenvalue weighted by atomic mass is 16.4. The number of fused-ring (bicyclic) bond motifs is 3. The molecule has 0 bridgehead atoms. The smallest absolute Gasteiger partial charge is 0.347 e. The molecule has 0 aliphatic heterocycles. The van der Waals surface area contributed by atoms with E-state index in [0.717, 1.165) is 10.8 Å². The van der Waals surface area contributed by atoms with Gasteiger partial charge in [-0.3, -0.25) is 0 Å². The zero-order valence-corrected chi connectivity index (χ0v) is 16.6. The van der Waals surface area contributed by atoms with E-state index in [1.807, 2.05) is 48.5 Å². The van der Waals surface area contributed by atoms with Gasteiger partial charge in [-0.2, -0.15) is 0 Å². The summed E-state index contributed by atoms with van der Waals surface area (Å²) in [5.74, 6) is 0.453. The summed E-state index contributed by atoms with van der Waals surface area (Å²) in [5.41, 5.74) is 1.57. The Hall–Kier alpha value is -4.58. The molecule has 152 valence electrons. The van der Waals surface area contributed by atoms with Crippen molar-refractivity contribution in [2.75, 3.05) is 0 Å². The summed E-state index contributed by atoms with van der Waals surface area (Å²) in [4.78, 5) is 34.1. The minimum absolute atomic E-state index is 0.226. The standard InChI is InChI=1S/C26H14N2O4/c29-25-19-7-1-3-13-21(19)27-23(31-25)17-11-5-10-16-15(17)9-6-12-18(16)24-28-22-14-4-2-8-20(22)26(30)32-24/h1-14H. The number of hydrogen-bond acceptors (Lipinski definition) is 6. The van der Waals surface area contributed by atoms with Gasteiger partial charge in [0.2, 0.25) is 11.8 Å². The molecule has 0 aliphatic rings. The van der Waals surface area contributed by atoms with Crippen molar-refractivity contribution < 1.29 is 8.83 Å². The van der Waals surface area contributed by atoms with Crippen LogP contribution < -0.4 is 11.3 Å². The van der Waals surface area contributed by atoms with E-state index in [1.54, 1.807) is 36.4 Å². The molecule has 0 N–H and O–H groups in total. The van der Waals surface area contributed by atoms with Crippen LogP contribution in [-0.4, -0.2) is 9.97 Å². The van der Waals surface area contributed by atoms with Gasteiger partial charge in [-0.25, -0.2) is 19.6 Å². The van der Waals surface area contributed by atoms with Crippen molar-refractivity contribution in [2.24, 2.45) is 0 Å². The Labute approximate surface area is 180 Å². The van der Waals surface area contributed by atoms with E-state index >= 15 is 0 Å². The Morgan fingerprint density at radius 2 is 0.875 bits per heavy atom. The monoisotopic (exact) mass is 418 g/mol. The van der Waals surface area contributed by atoms with Crippen LogP contribution in [0.1, 0.15) is 0 Å². The van der Waals surface area contributed by atoms with Crippen LogP contribution in [0.25, 0.3) is 55.5 Å². The highest BCUT2D eigenvalue weighted by Crippen LogP contribution is 2.33. The summed E-state index contributed by atoms with van der Waals surface area (Å²) in [6.45, 7) is 0. The van der Waals surface area contributed by atoms with E-state index in [-0.39, 0.29) is 11.8 Å². The van der Waals surface area contributed by atoms with Crippen molar-refractivity contribution in [3.8, 4) is 22.9 Å². The van der Waals surface area contributed by atoms with E-state index in [9.17, 15) is 9.59 Å². The van der Waals surface area contributed by atoms with Gasteiger partial charge in [-0.15, -0.1) is 0 Å². The van der Waals surface area contributed by atoms with Gasteiger partial charge >= 0.3 is 11.3 Å².